The maximum atomic E-state index is 13.1. The fourth-order valence-corrected chi connectivity index (χ4v) is 3.79. The second-order valence-corrected chi connectivity index (χ2v) is 7.53. The molecule has 3 nitrogen and oxygen atoms in total. The fraction of sp³-hybridized carbons (Fsp3) is 0.500. The van der Waals surface area contributed by atoms with E-state index in [4.69, 9.17) is 4.74 Å². The lowest BCUT2D eigenvalue weighted by atomic mass is 9.82. The van der Waals surface area contributed by atoms with E-state index in [1.54, 1.807) is 12.1 Å². The molecule has 1 fully saturated rings. The summed E-state index contributed by atoms with van der Waals surface area (Å²) in [6.07, 6.45) is 5.17. The Balaban J connectivity index is 1.61. The zero-order chi connectivity index (χ0) is 18.4. The summed E-state index contributed by atoms with van der Waals surface area (Å²) in [6.45, 7) is 8.69. The molecule has 0 unspecified atom stereocenters. The Morgan fingerprint density at radius 1 is 1.15 bits per heavy atom. The highest BCUT2D eigenvalue weighted by Gasteiger charge is 2.37. The van der Waals surface area contributed by atoms with Crippen LogP contribution in [0.2, 0.25) is 0 Å². The Bertz CT molecular complexity index is 686. The Hall–Kier alpha value is -1.78. The predicted molar refractivity (Wildman–Crippen MR) is 103 cm³/mol. The van der Waals surface area contributed by atoms with Crippen molar-refractivity contribution in [1.82, 2.24) is 9.88 Å². The number of ether oxygens (including phenoxy) is 1. The molecule has 4 heteroatoms. The molecule has 0 N–H and O–H groups in total. The zero-order valence-corrected chi connectivity index (χ0v) is 15.9. The first kappa shape index (κ1) is 19.0. The van der Waals surface area contributed by atoms with Crippen molar-refractivity contribution in [3.63, 3.8) is 0 Å². The van der Waals surface area contributed by atoms with Crippen LogP contribution in [0.15, 0.2) is 42.6 Å². The lowest BCUT2D eigenvalue weighted by molar-refractivity contribution is 0.0489. The number of pyridine rings is 1. The van der Waals surface area contributed by atoms with E-state index < -0.39 is 0 Å². The van der Waals surface area contributed by atoms with E-state index in [9.17, 15) is 4.39 Å². The predicted octanol–water partition coefficient (Wildman–Crippen LogP) is 4.39. The molecule has 1 aromatic carbocycles. The van der Waals surface area contributed by atoms with Crippen molar-refractivity contribution in [1.29, 1.82) is 0 Å². The van der Waals surface area contributed by atoms with Gasteiger partial charge < -0.3 is 4.74 Å². The molecule has 2 aromatic rings. The average molecular weight is 356 g/mol. The van der Waals surface area contributed by atoms with Crippen molar-refractivity contribution in [3.8, 4) is 0 Å². The van der Waals surface area contributed by atoms with Crippen molar-refractivity contribution < 1.29 is 9.13 Å². The van der Waals surface area contributed by atoms with Crippen molar-refractivity contribution in [3.05, 3.63) is 65.2 Å². The summed E-state index contributed by atoms with van der Waals surface area (Å²) in [5.74, 6) is -0.170. The van der Waals surface area contributed by atoms with Crippen LogP contribution in [-0.4, -0.2) is 36.2 Å². The largest absolute Gasteiger partial charge is 0.381 e. The summed E-state index contributed by atoms with van der Waals surface area (Å²) in [7, 11) is 0. The third-order valence-corrected chi connectivity index (χ3v) is 5.37. The van der Waals surface area contributed by atoms with Gasteiger partial charge in [-0.3, -0.25) is 9.88 Å². The minimum absolute atomic E-state index is 0.170. The van der Waals surface area contributed by atoms with Crippen LogP contribution in [0.4, 0.5) is 4.39 Å². The first-order chi connectivity index (χ1) is 12.6. The number of benzene rings is 1. The quantitative estimate of drug-likeness (QED) is 0.701. The number of halogens is 1. The van der Waals surface area contributed by atoms with E-state index in [0.717, 1.165) is 57.8 Å². The summed E-state index contributed by atoms with van der Waals surface area (Å²) in [5.41, 5.74) is 3.70. The van der Waals surface area contributed by atoms with Crippen molar-refractivity contribution in [2.24, 2.45) is 5.41 Å². The lowest BCUT2D eigenvalue weighted by Crippen LogP contribution is -2.32. The molecule has 0 radical (unpaired) electrons. The molecule has 1 aromatic heterocycles. The van der Waals surface area contributed by atoms with Crippen LogP contribution in [0.25, 0.3) is 0 Å². The second-order valence-electron chi connectivity index (χ2n) is 7.53. The standard InChI is InChI=1S/C22H29FN2O/c1-3-26-17-22(11-10-19-6-8-21(23)9-7-19)12-13-25(16-22)15-20-5-4-18(2)24-14-20/h4-9,14H,3,10-13,15-17H2,1-2H3/t22-/m0/s1. The van der Waals surface area contributed by atoms with Gasteiger partial charge in [-0.1, -0.05) is 18.2 Å². The molecule has 0 spiro atoms. The van der Waals surface area contributed by atoms with E-state index in [1.807, 2.05) is 25.3 Å². The van der Waals surface area contributed by atoms with Crippen molar-refractivity contribution >= 4 is 0 Å². The van der Waals surface area contributed by atoms with Gasteiger partial charge in [0.25, 0.3) is 0 Å². The summed E-state index contributed by atoms with van der Waals surface area (Å²) >= 11 is 0. The molecule has 0 amide bonds. The minimum atomic E-state index is -0.170. The molecule has 1 aliphatic heterocycles. The SMILES string of the molecule is CCOC[C@@]1(CCc2ccc(F)cc2)CCN(Cc2ccc(C)nc2)C1. The van der Waals surface area contributed by atoms with E-state index in [2.05, 4.69) is 28.9 Å². The van der Waals surface area contributed by atoms with Gasteiger partial charge in [0.15, 0.2) is 0 Å². The molecule has 0 bridgehead atoms. The van der Waals surface area contributed by atoms with E-state index >= 15 is 0 Å². The van der Waals surface area contributed by atoms with Crippen LogP contribution in [0.3, 0.4) is 0 Å². The number of hydrogen-bond donors (Lipinski definition) is 0. The Kier molecular flexibility index (Phi) is 6.38. The van der Waals surface area contributed by atoms with Crippen LogP contribution < -0.4 is 0 Å². The summed E-state index contributed by atoms with van der Waals surface area (Å²) in [5, 5.41) is 0. The molecular formula is C22H29FN2O. The Morgan fingerprint density at radius 3 is 2.62 bits per heavy atom. The maximum Gasteiger partial charge on any atom is 0.123 e. The highest BCUT2D eigenvalue weighted by molar-refractivity contribution is 5.17. The summed E-state index contributed by atoms with van der Waals surface area (Å²) < 4.78 is 19.0. The molecule has 0 saturated carbocycles. The fourth-order valence-electron chi connectivity index (χ4n) is 3.79. The second kappa shape index (κ2) is 8.74. The van der Waals surface area contributed by atoms with Gasteiger partial charge in [-0.05, 0) is 69.0 Å². The van der Waals surface area contributed by atoms with Gasteiger partial charge in [0.1, 0.15) is 5.82 Å². The number of rotatable bonds is 8. The molecule has 140 valence electrons. The summed E-state index contributed by atoms with van der Waals surface area (Å²) in [4.78, 5) is 6.92. The van der Waals surface area contributed by atoms with Crippen LogP contribution in [0, 0.1) is 18.2 Å². The molecular weight excluding hydrogens is 327 g/mol. The molecule has 1 saturated heterocycles. The number of aromatic nitrogens is 1. The van der Waals surface area contributed by atoms with E-state index in [1.165, 1.54) is 11.1 Å². The molecule has 0 aliphatic carbocycles. The van der Waals surface area contributed by atoms with Gasteiger partial charge in [-0.15, -0.1) is 0 Å². The molecule has 26 heavy (non-hydrogen) atoms. The summed E-state index contributed by atoms with van der Waals surface area (Å²) in [6, 6.07) is 11.1. The smallest absolute Gasteiger partial charge is 0.123 e. The number of hydrogen-bond acceptors (Lipinski definition) is 3. The minimum Gasteiger partial charge on any atom is -0.381 e. The zero-order valence-electron chi connectivity index (χ0n) is 15.9. The van der Waals surface area contributed by atoms with Gasteiger partial charge in [0.2, 0.25) is 0 Å². The monoisotopic (exact) mass is 356 g/mol. The highest BCUT2D eigenvalue weighted by atomic mass is 19.1. The van der Waals surface area contributed by atoms with Crippen molar-refractivity contribution in [2.75, 3.05) is 26.3 Å². The van der Waals surface area contributed by atoms with Crippen LogP contribution in [0.1, 0.15) is 36.6 Å². The number of aryl methyl sites for hydroxylation is 2. The van der Waals surface area contributed by atoms with Crippen LogP contribution >= 0.6 is 0 Å². The molecule has 3 rings (SSSR count). The van der Waals surface area contributed by atoms with Crippen LogP contribution in [-0.2, 0) is 17.7 Å². The number of nitrogens with zero attached hydrogens (tertiary/aromatic N) is 2. The lowest BCUT2D eigenvalue weighted by Gasteiger charge is -2.29. The van der Waals surface area contributed by atoms with E-state index in [0.29, 0.717) is 0 Å². The average Bonchev–Trinajstić information content (AvgIpc) is 3.05. The van der Waals surface area contributed by atoms with E-state index in [-0.39, 0.29) is 11.2 Å². The number of likely N-dealkylation sites (tertiary alicyclic amines) is 1. The van der Waals surface area contributed by atoms with Gasteiger partial charge >= 0.3 is 0 Å². The third-order valence-electron chi connectivity index (χ3n) is 5.37. The van der Waals surface area contributed by atoms with Crippen LogP contribution in [0.5, 0.6) is 0 Å². The Morgan fingerprint density at radius 2 is 1.92 bits per heavy atom. The molecule has 1 aliphatic rings. The normalized spacial score (nSPS) is 20.6. The van der Waals surface area contributed by atoms with Gasteiger partial charge in [0.05, 0.1) is 6.61 Å². The van der Waals surface area contributed by atoms with Gasteiger partial charge in [0, 0.05) is 37.0 Å². The maximum absolute atomic E-state index is 13.1. The molecule has 2 heterocycles. The van der Waals surface area contributed by atoms with Crippen molar-refractivity contribution in [2.45, 2.75) is 39.7 Å². The van der Waals surface area contributed by atoms with Gasteiger partial charge in [-0.25, -0.2) is 4.39 Å². The van der Waals surface area contributed by atoms with Gasteiger partial charge in [-0.2, -0.15) is 0 Å². The first-order valence-corrected chi connectivity index (χ1v) is 9.55. The third kappa shape index (κ3) is 5.12. The Labute approximate surface area is 156 Å². The molecule has 1 atom stereocenters. The first-order valence-electron chi connectivity index (χ1n) is 9.55. The topological polar surface area (TPSA) is 25.4 Å². The highest BCUT2D eigenvalue weighted by Crippen LogP contribution is 2.36.